The van der Waals surface area contributed by atoms with Gasteiger partial charge in [-0.1, -0.05) is 30.3 Å². The van der Waals surface area contributed by atoms with E-state index < -0.39 is 0 Å². The fourth-order valence-electron chi connectivity index (χ4n) is 3.55. The maximum Gasteiger partial charge on any atom is 0.317 e. The fourth-order valence-corrected chi connectivity index (χ4v) is 3.55. The van der Waals surface area contributed by atoms with Gasteiger partial charge in [0, 0.05) is 26.2 Å². The second kappa shape index (κ2) is 7.23. The van der Waals surface area contributed by atoms with Crippen LogP contribution in [0, 0.1) is 5.82 Å². The fraction of sp³-hybridized carbons (Fsp3) is 0.350. The molecule has 1 N–H and O–H groups in total. The van der Waals surface area contributed by atoms with E-state index in [0.717, 1.165) is 17.7 Å². The molecule has 0 unspecified atom stereocenters. The highest BCUT2D eigenvalue weighted by atomic mass is 19.1. The SMILES string of the molecule is O=C(N[C@H]1COc2ccccc2C1)N1CCN(c2ccccc2F)CC1. The monoisotopic (exact) mass is 355 g/mol. The molecule has 2 aromatic rings. The molecule has 2 amide bonds. The lowest BCUT2D eigenvalue weighted by Crippen LogP contribution is -2.55. The summed E-state index contributed by atoms with van der Waals surface area (Å²) >= 11 is 0. The molecule has 1 atom stereocenters. The first-order valence-corrected chi connectivity index (χ1v) is 8.96. The van der Waals surface area contributed by atoms with E-state index in [1.54, 1.807) is 17.0 Å². The molecule has 0 aliphatic carbocycles. The number of benzene rings is 2. The summed E-state index contributed by atoms with van der Waals surface area (Å²) in [5, 5.41) is 3.06. The largest absolute Gasteiger partial charge is 0.491 e. The maximum atomic E-state index is 13.9. The van der Waals surface area contributed by atoms with Crippen LogP contribution in [0.5, 0.6) is 5.75 Å². The van der Waals surface area contributed by atoms with Gasteiger partial charge in [0.2, 0.25) is 0 Å². The molecule has 4 rings (SSSR count). The van der Waals surface area contributed by atoms with Crippen LogP contribution in [-0.4, -0.2) is 49.8 Å². The number of hydrogen-bond donors (Lipinski definition) is 1. The number of carbonyl (C=O) groups is 1. The van der Waals surface area contributed by atoms with E-state index in [4.69, 9.17) is 4.74 Å². The first-order chi connectivity index (χ1) is 12.7. The average Bonchev–Trinajstić information content (AvgIpc) is 2.68. The minimum atomic E-state index is -0.219. The molecule has 6 heteroatoms. The third-order valence-corrected chi connectivity index (χ3v) is 4.97. The summed E-state index contributed by atoms with van der Waals surface area (Å²) in [4.78, 5) is 16.3. The summed E-state index contributed by atoms with van der Waals surface area (Å²) < 4.78 is 19.6. The topological polar surface area (TPSA) is 44.8 Å². The summed E-state index contributed by atoms with van der Waals surface area (Å²) in [6, 6.07) is 14.6. The number of nitrogens with zero attached hydrogens (tertiary/aromatic N) is 2. The lowest BCUT2D eigenvalue weighted by Gasteiger charge is -2.37. The summed E-state index contributed by atoms with van der Waals surface area (Å²) in [7, 11) is 0. The smallest absolute Gasteiger partial charge is 0.317 e. The van der Waals surface area contributed by atoms with E-state index in [2.05, 4.69) is 5.32 Å². The van der Waals surface area contributed by atoms with Gasteiger partial charge in [-0.2, -0.15) is 0 Å². The van der Waals surface area contributed by atoms with Gasteiger partial charge < -0.3 is 19.9 Å². The Morgan fingerprint density at radius 3 is 2.58 bits per heavy atom. The molecule has 0 saturated carbocycles. The predicted molar refractivity (Wildman–Crippen MR) is 98.1 cm³/mol. The first-order valence-electron chi connectivity index (χ1n) is 8.96. The predicted octanol–water partition coefficient (Wildman–Crippen LogP) is 2.66. The number of carbonyl (C=O) groups excluding carboxylic acids is 1. The van der Waals surface area contributed by atoms with Crippen molar-refractivity contribution in [2.45, 2.75) is 12.5 Å². The summed E-state index contributed by atoms with van der Waals surface area (Å²) in [5.41, 5.74) is 1.72. The number of hydrogen-bond acceptors (Lipinski definition) is 3. The third-order valence-electron chi connectivity index (χ3n) is 4.97. The van der Waals surface area contributed by atoms with Crippen molar-refractivity contribution in [2.75, 3.05) is 37.7 Å². The van der Waals surface area contributed by atoms with Crippen molar-refractivity contribution in [3.8, 4) is 5.75 Å². The summed E-state index contributed by atoms with van der Waals surface area (Å²) in [6.07, 6.45) is 0.775. The van der Waals surface area contributed by atoms with E-state index in [1.165, 1.54) is 6.07 Å². The summed E-state index contributed by atoms with van der Waals surface area (Å²) in [6.45, 7) is 2.88. The van der Waals surface area contributed by atoms with Crippen molar-refractivity contribution in [1.29, 1.82) is 0 Å². The average molecular weight is 355 g/mol. The zero-order chi connectivity index (χ0) is 17.9. The van der Waals surface area contributed by atoms with Gasteiger partial charge in [-0.15, -0.1) is 0 Å². The van der Waals surface area contributed by atoms with Crippen molar-refractivity contribution in [3.63, 3.8) is 0 Å². The van der Waals surface area contributed by atoms with Crippen LogP contribution in [0.2, 0.25) is 0 Å². The minimum Gasteiger partial charge on any atom is -0.491 e. The lowest BCUT2D eigenvalue weighted by molar-refractivity contribution is 0.178. The molecule has 1 saturated heterocycles. The number of halogens is 1. The number of anilines is 1. The van der Waals surface area contributed by atoms with Gasteiger partial charge >= 0.3 is 6.03 Å². The molecule has 26 heavy (non-hydrogen) atoms. The Balaban J connectivity index is 1.31. The molecule has 0 radical (unpaired) electrons. The Kier molecular flexibility index (Phi) is 4.65. The Labute approximate surface area is 152 Å². The van der Waals surface area contributed by atoms with Gasteiger partial charge in [0.1, 0.15) is 18.2 Å². The van der Waals surface area contributed by atoms with Gasteiger partial charge in [0.25, 0.3) is 0 Å². The highest BCUT2D eigenvalue weighted by molar-refractivity contribution is 5.75. The van der Waals surface area contributed by atoms with Crippen LogP contribution in [0.1, 0.15) is 5.56 Å². The van der Waals surface area contributed by atoms with Crippen molar-refractivity contribution in [2.24, 2.45) is 0 Å². The van der Waals surface area contributed by atoms with Crippen LogP contribution in [0.4, 0.5) is 14.9 Å². The minimum absolute atomic E-state index is 0.0259. The van der Waals surface area contributed by atoms with Crippen LogP contribution in [0.25, 0.3) is 0 Å². The Morgan fingerprint density at radius 1 is 1.04 bits per heavy atom. The van der Waals surface area contributed by atoms with Crippen LogP contribution in [0.3, 0.4) is 0 Å². The molecule has 2 aromatic carbocycles. The molecule has 136 valence electrons. The van der Waals surface area contributed by atoms with Crippen LogP contribution < -0.4 is 15.0 Å². The molecule has 5 nitrogen and oxygen atoms in total. The number of fused-ring (bicyclic) bond motifs is 1. The number of piperazine rings is 1. The number of ether oxygens (including phenoxy) is 1. The second-order valence-electron chi connectivity index (χ2n) is 6.69. The standard InChI is InChI=1S/C20H22FN3O2/c21-17-6-2-3-7-18(17)23-9-11-24(12-10-23)20(25)22-16-13-15-5-1-4-8-19(15)26-14-16/h1-8,16H,9-14H2,(H,22,25)/t16-/m1/s1. The molecule has 0 spiro atoms. The van der Waals surface area contributed by atoms with E-state index in [0.29, 0.717) is 38.5 Å². The Bertz CT molecular complexity index is 790. The maximum absolute atomic E-state index is 13.9. The molecule has 0 bridgehead atoms. The van der Waals surface area contributed by atoms with E-state index in [1.807, 2.05) is 35.2 Å². The zero-order valence-electron chi connectivity index (χ0n) is 14.5. The van der Waals surface area contributed by atoms with E-state index in [9.17, 15) is 9.18 Å². The number of nitrogens with one attached hydrogen (secondary N) is 1. The number of amides is 2. The quantitative estimate of drug-likeness (QED) is 0.901. The van der Waals surface area contributed by atoms with Crippen LogP contribution in [0.15, 0.2) is 48.5 Å². The zero-order valence-corrected chi connectivity index (χ0v) is 14.5. The van der Waals surface area contributed by atoms with Crippen molar-refractivity contribution in [3.05, 3.63) is 59.9 Å². The number of urea groups is 1. The van der Waals surface area contributed by atoms with Gasteiger partial charge in [0.05, 0.1) is 11.7 Å². The van der Waals surface area contributed by atoms with E-state index in [-0.39, 0.29) is 17.9 Å². The van der Waals surface area contributed by atoms with Gasteiger partial charge in [-0.05, 0) is 30.2 Å². The Morgan fingerprint density at radius 2 is 1.77 bits per heavy atom. The number of rotatable bonds is 2. The molecule has 2 heterocycles. The molecular formula is C20H22FN3O2. The molecular weight excluding hydrogens is 333 g/mol. The highest BCUT2D eigenvalue weighted by Gasteiger charge is 2.26. The van der Waals surface area contributed by atoms with E-state index >= 15 is 0 Å². The van der Waals surface area contributed by atoms with Crippen molar-refractivity contribution in [1.82, 2.24) is 10.2 Å². The van der Waals surface area contributed by atoms with Gasteiger partial charge in [0.15, 0.2) is 0 Å². The second-order valence-corrected chi connectivity index (χ2v) is 6.69. The summed E-state index contributed by atoms with van der Waals surface area (Å²) in [5.74, 6) is 0.680. The third kappa shape index (κ3) is 3.45. The Hall–Kier alpha value is -2.76. The van der Waals surface area contributed by atoms with Gasteiger partial charge in [-0.25, -0.2) is 9.18 Å². The van der Waals surface area contributed by atoms with Crippen LogP contribution in [-0.2, 0) is 6.42 Å². The molecule has 2 aliphatic rings. The normalized spacial score (nSPS) is 19.5. The van der Waals surface area contributed by atoms with Crippen LogP contribution >= 0.6 is 0 Å². The first kappa shape index (κ1) is 16.7. The van der Waals surface area contributed by atoms with Crippen molar-refractivity contribution < 1.29 is 13.9 Å². The number of para-hydroxylation sites is 2. The molecule has 2 aliphatic heterocycles. The highest BCUT2D eigenvalue weighted by Crippen LogP contribution is 2.24. The molecule has 0 aromatic heterocycles. The molecule has 1 fully saturated rings. The lowest BCUT2D eigenvalue weighted by atomic mass is 10.0. The van der Waals surface area contributed by atoms with Gasteiger partial charge in [-0.3, -0.25) is 0 Å². The van der Waals surface area contributed by atoms with Crippen molar-refractivity contribution >= 4 is 11.7 Å².